The van der Waals surface area contributed by atoms with Gasteiger partial charge < -0.3 is 4.90 Å². The standard InChI is InChI=1S/C16H17N5/c1-20(15-10-6-3-7-11-15)13-16-17-18-19-21(16)12-14-8-4-2-5-9-14/h2-11H,12-13H2,1H3. The van der Waals surface area contributed by atoms with Gasteiger partial charge in [0.05, 0.1) is 13.1 Å². The van der Waals surface area contributed by atoms with Crippen molar-refractivity contribution in [1.29, 1.82) is 0 Å². The molecule has 0 spiro atoms. The zero-order valence-corrected chi connectivity index (χ0v) is 11.9. The molecule has 1 aromatic heterocycles. The summed E-state index contributed by atoms with van der Waals surface area (Å²) in [6.45, 7) is 1.36. The summed E-state index contributed by atoms with van der Waals surface area (Å²) in [5.74, 6) is 0.852. The maximum atomic E-state index is 4.14. The van der Waals surface area contributed by atoms with Crippen LogP contribution in [0.5, 0.6) is 0 Å². The number of anilines is 1. The molecule has 0 aliphatic heterocycles. The predicted octanol–water partition coefficient (Wildman–Crippen LogP) is 2.36. The van der Waals surface area contributed by atoms with Crippen LogP contribution in [0.1, 0.15) is 11.4 Å². The second-order valence-electron chi connectivity index (χ2n) is 4.93. The summed E-state index contributed by atoms with van der Waals surface area (Å²) in [5.41, 5.74) is 2.33. The van der Waals surface area contributed by atoms with Crippen molar-refractivity contribution in [2.24, 2.45) is 0 Å². The Morgan fingerprint density at radius 1 is 0.952 bits per heavy atom. The van der Waals surface area contributed by atoms with Crippen molar-refractivity contribution in [3.8, 4) is 0 Å². The van der Waals surface area contributed by atoms with E-state index in [0.29, 0.717) is 13.1 Å². The lowest BCUT2D eigenvalue weighted by Gasteiger charge is -2.18. The van der Waals surface area contributed by atoms with Crippen LogP contribution in [0.3, 0.4) is 0 Å². The Morgan fingerprint density at radius 3 is 2.33 bits per heavy atom. The molecule has 3 aromatic rings. The summed E-state index contributed by atoms with van der Waals surface area (Å²) < 4.78 is 1.84. The van der Waals surface area contributed by atoms with Crippen molar-refractivity contribution in [1.82, 2.24) is 20.2 Å². The molecular weight excluding hydrogens is 262 g/mol. The number of tetrazole rings is 1. The Labute approximate surface area is 123 Å². The lowest BCUT2D eigenvalue weighted by atomic mass is 10.2. The largest absolute Gasteiger partial charge is 0.367 e. The Hall–Kier alpha value is -2.69. The smallest absolute Gasteiger partial charge is 0.170 e. The van der Waals surface area contributed by atoms with Gasteiger partial charge in [0.25, 0.3) is 0 Å². The van der Waals surface area contributed by atoms with Crippen LogP contribution >= 0.6 is 0 Å². The number of rotatable bonds is 5. The van der Waals surface area contributed by atoms with Crippen molar-refractivity contribution in [3.63, 3.8) is 0 Å². The minimum Gasteiger partial charge on any atom is -0.367 e. The average molecular weight is 279 g/mol. The first-order valence-corrected chi connectivity index (χ1v) is 6.88. The Morgan fingerprint density at radius 2 is 1.62 bits per heavy atom. The Kier molecular flexibility index (Phi) is 3.91. The van der Waals surface area contributed by atoms with Gasteiger partial charge in [-0.05, 0) is 28.1 Å². The number of benzene rings is 2. The van der Waals surface area contributed by atoms with Crippen LogP contribution in [0.15, 0.2) is 60.7 Å². The zero-order chi connectivity index (χ0) is 14.5. The van der Waals surface area contributed by atoms with Gasteiger partial charge in [0.15, 0.2) is 5.82 Å². The van der Waals surface area contributed by atoms with E-state index >= 15 is 0 Å². The normalized spacial score (nSPS) is 10.5. The first-order valence-electron chi connectivity index (χ1n) is 6.88. The quantitative estimate of drug-likeness (QED) is 0.719. The lowest BCUT2D eigenvalue weighted by molar-refractivity contribution is 0.614. The molecule has 0 bridgehead atoms. The predicted molar refractivity (Wildman–Crippen MR) is 81.9 cm³/mol. The molecule has 0 unspecified atom stereocenters. The maximum Gasteiger partial charge on any atom is 0.170 e. The molecular formula is C16H17N5. The van der Waals surface area contributed by atoms with Crippen molar-refractivity contribution >= 4 is 5.69 Å². The number of para-hydroxylation sites is 1. The van der Waals surface area contributed by atoms with Crippen LogP contribution in [-0.4, -0.2) is 27.3 Å². The van der Waals surface area contributed by atoms with Crippen molar-refractivity contribution in [3.05, 3.63) is 72.1 Å². The molecule has 106 valence electrons. The highest BCUT2D eigenvalue weighted by atomic mass is 15.5. The Bertz CT molecular complexity index is 678. The highest BCUT2D eigenvalue weighted by molar-refractivity contribution is 5.44. The van der Waals surface area contributed by atoms with Gasteiger partial charge in [-0.2, -0.15) is 0 Å². The second-order valence-corrected chi connectivity index (χ2v) is 4.93. The molecule has 0 atom stereocenters. The number of nitrogens with zero attached hydrogens (tertiary/aromatic N) is 5. The van der Waals surface area contributed by atoms with Crippen molar-refractivity contribution in [2.45, 2.75) is 13.1 Å². The molecule has 2 aromatic carbocycles. The van der Waals surface area contributed by atoms with Crippen molar-refractivity contribution < 1.29 is 0 Å². The fraction of sp³-hybridized carbons (Fsp3) is 0.188. The maximum absolute atomic E-state index is 4.14. The topological polar surface area (TPSA) is 46.8 Å². The van der Waals surface area contributed by atoms with E-state index in [-0.39, 0.29) is 0 Å². The van der Waals surface area contributed by atoms with Crippen LogP contribution in [0.4, 0.5) is 5.69 Å². The SMILES string of the molecule is CN(Cc1nnnn1Cc1ccccc1)c1ccccc1. The van der Waals surface area contributed by atoms with E-state index in [9.17, 15) is 0 Å². The van der Waals surface area contributed by atoms with E-state index in [1.807, 2.05) is 48.1 Å². The Balaban J connectivity index is 1.74. The summed E-state index contributed by atoms with van der Waals surface area (Å²) >= 11 is 0. The van der Waals surface area contributed by atoms with E-state index in [4.69, 9.17) is 0 Å². The minimum absolute atomic E-state index is 0.670. The summed E-state index contributed by atoms with van der Waals surface area (Å²) in [6, 6.07) is 20.4. The van der Waals surface area contributed by atoms with E-state index in [1.165, 1.54) is 5.56 Å². The second kappa shape index (κ2) is 6.17. The highest BCUT2D eigenvalue weighted by Crippen LogP contribution is 2.13. The van der Waals surface area contributed by atoms with Crippen LogP contribution in [0, 0.1) is 0 Å². The summed E-state index contributed by atoms with van der Waals surface area (Å²) in [6.07, 6.45) is 0. The molecule has 0 N–H and O–H groups in total. The molecule has 5 heteroatoms. The molecule has 0 saturated heterocycles. The van der Waals surface area contributed by atoms with E-state index < -0.39 is 0 Å². The molecule has 3 rings (SSSR count). The summed E-state index contributed by atoms with van der Waals surface area (Å²) in [4.78, 5) is 2.13. The van der Waals surface area contributed by atoms with E-state index in [2.05, 4.69) is 44.7 Å². The number of aromatic nitrogens is 4. The molecule has 0 fully saturated rings. The highest BCUT2D eigenvalue weighted by Gasteiger charge is 2.10. The summed E-state index contributed by atoms with van der Waals surface area (Å²) in [7, 11) is 2.04. The first kappa shape index (κ1) is 13.3. The molecule has 21 heavy (non-hydrogen) atoms. The summed E-state index contributed by atoms with van der Waals surface area (Å²) in [5, 5.41) is 12.0. The third-order valence-electron chi connectivity index (χ3n) is 3.36. The van der Waals surface area contributed by atoms with Gasteiger partial charge in [0.1, 0.15) is 0 Å². The molecule has 0 radical (unpaired) electrons. The minimum atomic E-state index is 0.670. The van der Waals surface area contributed by atoms with Crippen LogP contribution in [-0.2, 0) is 13.1 Å². The van der Waals surface area contributed by atoms with Gasteiger partial charge in [0, 0.05) is 12.7 Å². The van der Waals surface area contributed by atoms with Crippen molar-refractivity contribution in [2.75, 3.05) is 11.9 Å². The molecule has 0 saturated carbocycles. The van der Waals surface area contributed by atoms with Crippen LogP contribution in [0.2, 0.25) is 0 Å². The molecule has 0 aliphatic rings. The molecule has 5 nitrogen and oxygen atoms in total. The zero-order valence-electron chi connectivity index (χ0n) is 11.9. The van der Waals surface area contributed by atoms with Gasteiger partial charge in [0.2, 0.25) is 0 Å². The van der Waals surface area contributed by atoms with Crippen LogP contribution < -0.4 is 4.90 Å². The average Bonchev–Trinajstić information content (AvgIpc) is 2.96. The van der Waals surface area contributed by atoms with E-state index in [1.54, 1.807) is 0 Å². The van der Waals surface area contributed by atoms with Gasteiger partial charge in [-0.15, -0.1) is 5.10 Å². The molecule has 1 heterocycles. The molecule has 0 amide bonds. The first-order chi connectivity index (χ1) is 10.3. The molecule has 0 aliphatic carbocycles. The van der Waals surface area contributed by atoms with Crippen LogP contribution in [0.25, 0.3) is 0 Å². The fourth-order valence-electron chi connectivity index (χ4n) is 2.20. The third-order valence-corrected chi connectivity index (χ3v) is 3.36. The van der Waals surface area contributed by atoms with Gasteiger partial charge >= 0.3 is 0 Å². The monoisotopic (exact) mass is 279 g/mol. The number of hydrogen-bond acceptors (Lipinski definition) is 4. The lowest BCUT2D eigenvalue weighted by Crippen LogP contribution is -2.20. The van der Waals surface area contributed by atoms with Gasteiger partial charge in [-0.1, -0.05) is 48.5 Å². The van der Waals surface area contributed by atoms with E-state index in [0.717, 1.165) is 11.5 Å². The third kappa shape index (κ3) is 3.25. The van der Waals surface area contributed by atoms with Gasteiger partial charge in [-0.25, -0.2) is 4.68 Å². The van der Waals surface area contributed by atoms with Gasteiger partial charge in [-0.3, -0.25) is 0 Å². The fourth-order valence-corrected chi connectivity index (χ4v) is 2.20. The number of hydrogen-bond donors (Lipinski definition) is 0.